The molecule has 0 saturated heterocycles. The number of hydrogen-bond acceptors (Lipinski definition) is 5. The highest BCUT2D eigenvalue weighted by Gasteiger charge is 2.12. The van der Waals surface area contributed by atoms with Gasteiger partial charge in [0.1, 0.15) is 0 Å². The number of rotatable bonds is 11. The lowest BCUT2D eigenvalue weighted by molar-refractivity contribution is 0.292. The lowest BCUT2D eigenvalue weighted by Gasteiger charge is -2.15. The summed E-state index contributed by atoms with van der Waals surface area (Å²) >= 11 is 6.10. The normalized spacial score (nSPS) is 9.74. The summed E-state index contributed by atoms with van der Waals surface area (Å²) in [5.41, 5.74) is 0.990. The molecule has 136 valence electrons. The van der Waals surface area contributed by atoms with Crippen LogP contribution in [0.3, 0.4) is 0 Å². The minimum atomic E-state index is 0. The van der Waals surface area contributed by atoms with Crippen LogP contribution in [0.5, 0.6) is 11.5 Å². The minimum Gasteiger partial charge on any atom is -0.493 e. The van der Waals surface area contributed by atoms with Gasteiger partial charge in [0.15, 0.2) is 11.5 Å². The first-order valence-corrected chi connectivity index (χ1v) is 7.62. The van der Waals surface area contributed by atoms with Gasteiger partial charge in [-0.15, -0.1) is 24.8 Å². The van der Waals surface area contributed by atoms with Crippen LogP contribution in [0.2, 0.25) is 5.02 Å². The highest BCUT2D eigenvalue weighted by Crippen LogP contribution is 2.34. The maximum Gasteiger partial charge on any atom is 0.165 e. The molecule has 1 aromatic rings. The summed E-state index contributed by atoms with van der Waals surface area (Å²) < 4.78 is 11.0. The Balaban J connectivity index is 0. The molecule has 1 rings (SSSR count). The molecular weight excluding hydrogens is 363 g/mol. The number of halogens is 3. The van der Waals surface area contributed by atoms with Gasteiger partial charge in [-0.05, 0) is 32.5 Å². The Morgan fingerprint density at radius 2 is 1.83 bits per heavy atom. The van der Waals surface area contributed by atoms with Gasteiger partial charge in [-0.3, -0.25) is 0 Å². The van der Waals surface area contributed by atoms with Gasteiger partial charge in [0.25, 0.3) is 0 Å². The van der Waals surface area contributed by atoms with Crippen molar-refractivity contribution in [2.24, 2.45) is 0 Å². The molecule has 0 unspecified atom stereocenters. The van der Waals surface area contributed by atoms with Crippen molar-refractivity contribution < 1.29 is 14.6 Å². The van der Waals surface area contributed by atoms with E-state index in [1.807, 2.05) is 13.0 Å². The third-order valence-electron chi connectivity index (χ3n) is 2.92. The molecule has 0 fully saturated rings. The number of hydrogen-bond donors (Lipinski definition) is 3. The average Bonchev–Trinajstić information content (AvgIpc) is 2.48. The fourth-order valence-corrected chi connectivity index (χ4v) is 2.21. The second-order valence-corrected chi connectivity index (χ2v) is 4.97. The molecular formula is C15H27Cl3N2O3. The van der Waals surface area contributed by atoms with Crippen LogP contribution in [0.25, 0.3) is 0 Å². The molecule has 5 nitrogen and oxygen atoms in total. The molecule has 1 aromatic carbocycles. The standard InChI is InChI=1S/C15H25ClN2O3.2ClH/c1-3-21-15-12(9-13(16)10-14(15)20-2)11-18-6-4-5-17-7-8-19;;/h9-10,17-19H,3-8,11H2,1-2H3;2*1H. The Morgan fingerprint density at radius 1 is 1.13 bits per heavy atom. The van der Waals surface area contributed by atoms with Crippen molar-refractivity contribution in [3.8, 4) is 11.5 Å². The first-order valence-electron chi connectivity index (χ1n) is 7.24. The van der Waals surface area contributed by atoms with Crippen LogP contribution in [0.4, 0.5) is 0 Å². The first kappa shape index (κ1) is 24.8. The van der Waals surface area contributed by atoms with Crippen LogP contribution in [-0.2, 0) is 6.54 Å². The van der Waals surface area contributed by atoms with E-state index >= 15 is 0 Å². The average molecular weight is 390 g/mol. The molecule has 0 aliphatic rings. The second kappa shape index (κ2) is 15.1. The van der Waals surface area contributed by atoms with Gasteiger partial charge in [-0.25, -0.2) is 0 Å². The highest BCUT2D eigenvalue weighted by molar-refractivity contribution is 6.30. The molecule has 0 atom stereocenters. The monoisotopic (exact) mass is 388 g/mol. The first-order chi connectivity index (χ1) is 10.2. The topological polar surface area (TPSA) is 62.8 Å². The number of benzene rings is 1. The molecule has 0 amide bonds. The van der Waals surface area contributed by atoms with Gasteiger partial charge in [0.2, 0.25) is 0 Å². The second-order valence-electron chi connectivity index (χ2n) is 4.53. The van der Waals surface area contributed by atoms with Crippen LogP contribution < -0.4 is 20.1 Å². The van der Waals surface area contributed by atoms with Gasteiger partial charge in [-0.1, -0.05) is 11.6 Å². The number of ether oxygens (including phenoxy) is 2. The number of methoxy groups -OCH3 is 1. The predicted octanol–water partition coefficient (Wildman–Crippen LogP) is 2.65. The summed E-state index contributed by atoms with van der Waals surface area (Å²) in [6.07, 6.45) is 0.988. The van der Waals surface area contributed by atoms with E-state index in [-0.39, 0.29) is 31.4 Å². The van der Waals surface area contributed by atoms with Crippen molar-refractivity contribution in [2.75, 3.05) is 40.0 Å². The summed E-state index contributed by atoms with van der Waals surface area (Å²) in [7, 11) is 1.61. The lowest BCUT2D eigenvalue weighted by atomic mass is 10.1. The summed E-state index contributed by atoms with van der Waals surface area (Å²) in [4.78, 5) is 0. The number of aliphatic hydroxyl groups is 1. The van der Waals surface area contributed by atoms with E-state index < -0.39 is 0 Å². The van der Waals surface area contributed by atoms with Gasteiger partial charge < -0.3 is 25.2 Å². The fraction of sp³-hybridized carbons (Fsp3) is 0.600. The Labute approximate surface area is 155 Å². The van der Waals surface area contributed by atoms with Crippen LogP contribution >= 0.6 is 36.4 Å². The van der Waals surface area contributed by atoms with Crippen molar-refractivity contribution in [3.05, 3.63) is 22.7 Å². The van der Waals surface area contributed by atoms with Gasteiger partial charge in [0.05, 0.1) is 20.3 Å². The van der Waals surface area contributed by atoms with Crippen LogP contribution in [0, 0.1) is 0 Å². The fourth-order valence-electron chi connectivity index (χ4n) is 1.98. The van der Waals surface area contributed by atoms with Crippen molar-refractivity contribution in [1.29, 1.82) is 0 Å². The van der Waals surface area contributed by atoms with E-state index in [1.54, 1.807) is 13.2 Å². The molecule has 8 heteroatoms. The Bertz CT molecular complexity index is 423. The third kappa shape index (κ3) is 9.45. The molecule has 0 aromatic heterocycles. The third-order valence-corrected chi connectivity index (χ3v) is 3.13. The van der Waals surface area contributed by atoms with Gasteiger partial charge in [-0.2, -0.15) is 0 Å². The van der Waals surface area contributed by atoms with Crippen LogP contribution in [0.1, 0.15) is 18.9 Å². The molecule has 0 saturated carbocycles. The molecule has 0 bridgehead atoms. The molecule has 0 aliphatic heterocycles. The largest absolute Gasteiger partial charge is 0.493 e. The molecule has 0 spiro atoms. The Kier molecular flexibility index (Phi) is 16.3. The van der Waals surface area contributed by atoms with Crippen molar-refractivity contribution in [3.63, 3.8) is 0 Å². The minimum absolute atomic E-state index is 0. The highest BCUT2D eigenvalue weighted by atomic mass is 35.5. The summed E-state index contributed by atoms with van der Waals surface area (Å²) in [6.45, 7) is 5.76. The zero-order chi connectivity index (χ0) is 15.5. The van der Waals surface area contributed by atoms with Crippen LogP contribution in [0.15, 0.2) is 12.1 Å². The van der Waals surface area contributed by atoms with Crippen molar-refractivity contribution in [1.82, 2.24) is 10.6 Å². The van der Waals surface area contributed by atoms with E-state index in [1.165, 1.54) is 0 Å². The smallest absolute Gasteiger partial charge is 0.165 e. The number of aliphatic hydroxyl groups excluding tert-OH is 1. The zero-order valence-corrected chi connectivity index (χ0v) is 16.0. The lowest BCUT2D eigenvalue weighted by Crippen LogP contribution is -2.24. The van der Waals surface area contributed by atoms with Crippen molar-refractivity contribution >= 4 is 36.4 Å². The quantitative estimate of drug-likeness (QED) is 0.508. The van der Waals surface area contributed by atoms with Crippen LogP contribution in [-0.4, -0.2) is 45.1 Å². The van der Waals surface area contributed by atoms with E-state index in [0.717, 1.165) is 30.8 Å². The Hall–Kier alpha value is -0.430. The van der Waals surface area contributed by atoms with Gasteiger partial charge >= 0.3 is 0 Å². The molecule has 3 N–H and O–H groups in total. The number of nitrogens with one attached hydrogen (secondary N) is 2. The van der Waals surface area contributed by atoms with E-state index in [9.17, 15) is 0 Å². The zero-order valence-electron chi connectivity index (χ0n) is 13.6. The van der Waals surface area contributed by atoms with E-state index in [4.69, 9.17) is 26.2 Å². The molecule has 0 radical (unpaired) electrons. The summed E-state index contributed by atoms with van der Waals surface area (Å²) in [5, 5.41) is 15.8. The van der Waals surface area contributed by atoms with E-state index in [0.29, 0.717) is 30.5 Å². The molecule has 0 heterocycles. The summed E-state index contributed by atoms with van der Waals surface area (Å²) in [5.74, 6) is 1.40. The Morgan fingerprint density at radius 3 is 2.43 bits per heavy atom. The summed E-state index contributed by atoms with van der Waals surface area (Å²) in [6, 6.07) is 3.65. The maximum absolute atomic E-state index is 8.66. The van der Waals surface area contributed by atoms with Gasteiger partial charge in [0, 0.05) is 29.7 Å². The predicted molar refractivity (Wildman–Crippen MR) is 99.9 cm³/mol. The van der Waals surface area contributed by atoms with Crippen molar-refractivity contribution in [2.45, 2.75) is 19.9 Å². The SMILES string of the molecule is CCOc1c(CNCCCNCCO)cc(Cl)cc1OC.Cl.Cl. The maximum atomic E-state index is 8.66. The molecule has 0 aliphatic carbocycles. The molecule has 23 heavy (non-hydrogen) atoms. The van der Waals surface area contributed by atoms with E-state index in [2.05, 4.69) is 10.6 Å².